The predicted molar refractivity (Wildman–Crippen MR) is 127 cm³/mol. The van der Waals surface area contributed by atoms with Crippen molar-refractivity contribution in [2.75, 3.05) is 0 Å². The lowest BCUT2D eigenvalue weighted by molar-refractivity contribution is 0.000482. The summed E-state index contributed by atoms with van der Waals surface area (Å²) < 4.78 is 6.52. The van der Waals surface area contributed by atoms with E-state index < -0.39 is 11.7 Å². The van der Waals surface area contributed by atoms with E-state index in [-0.39, 0.29) is 11.6 Å². The van der Waals surface area contributed by atoms with Gasteiger partial charge in [-0.3, -0.25) is 9.59 Å². The summed E-state index contributed by atoms with van der Waals surface area (Å²) in [4.78, 5) is 29.0. The van der Waals surface area contributed by atoms with Crippen LogP contribution in [0.3, 0.4) is 0 Å². The quantitative estimate of drug-likeness (QED) is 0.259. The molecule has 5 rings (SSSR count). The third kappa shape index (κ3) is 3.44. The van der Waals surface area contributed by atoms with Gasteiger partial charge in [0.1, 0.15) is 6.10 Å². The van der Waals surface area contributed by atoms with Gasteiger partial charge in [0.05, 0.1) is 0 Å². The van der Waals surface area contributed by atoms with Gasteiger partial charge in [-0.2, -0.15) is 0 Å². The Hall–Kier alpha value is -3.60. The molecule has 1 aliphatic heterocycles. The molecule has 0 saturated carbocycles. The molecule has 32 heavy (non-hydrogen) atoms. The smallest absolute Gasteiger partial charge is 0.221 e. The van der Waals surface area contributed by atoms with Crippen molar-refractivity contribution in [1.29, 1.82) is 0 Å². The van der Waals surface area contributed by atoms with Crippen molar-refractivity contribution >= 4 is 28.5 Å². The highest BCUT2D eigenvalue weighted by Gasteiger charge is 2.56. The number of rotatable bonds is 6. The summed E-state index contributed by atoms with van der Waals surface area (Å²) in [5.41, 5.74) is 0.601. The number of carbonyl (C=O) groups excluding carboxylic acids is 2. The molecule has 0 radical (unpaired) electrons. The van der Waals surface area contributed by atoms with E-state index >= 15 is 0 Å². The Balaban J connectivity index is 1.73. The van der Waals surface area contributed by atoms with Gasteiger partial charge in [-0.05, 0) is 23.1 Å². The molecule has 1 atom stereocenters. The first-order valence-electron chi connectivity index (χ1n) is 10.4. The lowest BCUT2D eigenvalue weighted by atomic mass is 9.79. The average molecular weight is 437 g/mol. The molecule has 0 spiro atoms. The number of benzene rings is 3. The second-order valence-corrected chi connectivity index (χ2v) is 8.53. The third-order valence-electron chi connectivity index (χ3n) is 5.63. The molecule has 3 aromatic carbocycles. The maximum absolute atomic E-state index is 14.1. The van der Waals surface area contributed by atoms with E-state index in [1.807, 2.05) is 66.1 Å². The van der Waals surface area contributed by atoms with E-state index in [0.29, 0.717) is 16.7 Å². The van der Waals surface area contributed by atoms with Crippen molar-refractivity contribution in [3.05, 3.63) is 136 Å². The van der Waals surface area contributed by atoms with E-state index in [0.717, 1.165) is 10.4 Å². The van der Waals surface area contributed by atoms with Gasteiger partial charge in [0.15, 0.2) is 0 Å². The Morgan fingerprint density at radius 2 is 1.22 bits per heavy atom. The van der Waals surface area contributed by atoms with E-state index in [1.54, 1.807) is 48.5 Å². The Kier molecular flexibility index (Phi) is 5.39. The second-order valence-electron chi connectivity index (χ2n) is 7.58. The number of thiophene rings is 1. The summed E-state index contributed by atoms with van der Waals surface area (Å²) in [7, 11) is 0. The number of Topliss-reactive ketones (excluding diaryl/α,β-unsaturated/α-hetero) is 2. The molecular weight excluding hydrogens is 416 g/mol. The molecule has 0 bridgehead atoms. The number of carbonyl (C=O) groups is 2. The lowest BCUT2D eigenvalue weighted by Gasteiger charge is -2.30. The van der Waals surface area contributed by atoms with Crippen LogP contribution in [-0.4, -0.2) is 17.2 Å². The minimum absolute atomic E-state index is 0.356. The van der Waals surface area contributed by atoms with Gasteiger partial charge >= 0.3 is 0 Å². The maximum Gasteiger partial charge on any atom is 0.221 e. The number of ketones is 2. The lowest BCUT2D eigenvalue weighted by Crippen LogP contribution is -2.48. The molecule has 2 heterocycles. The molecule has 0 saturated heterocycles. The summed E-state index contributed by atoms with van der Waals surface area (Å²) in [5.74, 6) is -0.713. The summed E-state index contributed by atoms with van der Waals surface area (Å²) in [6, 6.07) is 31.3. The van der Waals surface area contributed by atoms with E-state index in [9.17, 15) is 9.59 Å². The molecule has 0 amide bonds. The van der Waals surface area contributed by atoms with Crippen LogP contribution in [-0.2, 0) is 4.74 Å². The van der Waals surface area contributed by atoms with Gasteiger partial charge in [0, 0.05) is 21.6 Å². The number of ether oxygens (including phenoxy) is 1. The van der Waals surface area contributed by atoms with Crippen molar-refractivity contribution in [3.63, 3.8) is 0 Å². The normalized spacial score (nSPS) is 17.0. The number of hydrogen-bond acceptors (Lipinski definition) is 4. The van der Waals surface area contributed by atoms with Crippen molar-refractivity contribution in [1.82, 2.24) is 0 Å². The zero-order valence-electron chi connectivity index (χ0n) is 17.2. The highest BCUT2D eigenvalue weighted by Crippen LogP contribution is 2.48. The zero-order chi connectivity index (χ0) is 22.0. The first kappa shape index (κ1) is 20.3. The fraction of sp³-hybridized carbons (Fsp3) is 0.0714. The summed E-state index contributed by atoms with van der Waals surface area (Å²) in [6.45, 7) is 0. The first-order valence-corrected chi connectivity index (χ1v) is 11.3. The van der Waals surface area contributed by atoms with E-state index in [2.05, 4.69) is 0 Å². The molecule has 0 N–H and O–H groups in total. The molecule has 4 heteroatoms. The van der Waals surface area contributed by atoms with Gasteiger partial charge in [0.25, 0.3) is 0 Å². The van der Waals surface area contributed by atoms with Crippen molar-refractivity contribution in [2.24, 2.45) is 0 Å². The summed E-state index contributed by atoms with van der Waals surface area (Å²) >= 11 is 1.49. The molecule has 1 aliphatic rings. The van der Waals surface area contributed by atoms with Gasteiger partial charge in [-0.25, -0.2) is 0 Å². The molecule has 4 aromatic rings. The van der Waals surface area contributed by atoms with Crippen LogP contribution in [0.5, 0.6) is 0 Å². The first-order chi connectivity index (χ1) is 15.7. The van der Waals surface area contributed by atoms with Crippen molar-refractivity contribution in [3.8, 4) is 0 Å². The topological polar surface area (TPSA) is 43.4 Å². The van der Waals surface area contributed by atoms with Crippen molar-refractivity contribution in [2.45, 2.75) is 11.7 Å². The van der Waals surface area contributed by atoms with Gasteiger partial charge in [-0.15, -0.1) is 11.3 Å². The van der Waals surface area contributed by atoms with Crippen LogP contribution in [0, 0.1) is 0 Å². The van der Waals surface area contributed by atoms with Crippen LogP contribution < -0.4 is 0 Å². The Morgan fingerprint density at radius 3 is 1.72 bits per heavy atom. The minimum Gasteiger partial charge on any atom is -0.342 e. The minimum atomic E-state index is -1.77. The highest BCUT2D eigenvalue weighted by atomic mass is 32.1. The van der Waals surface area contributed by atoms with Crippen LogP contribution >= 0.6 is 11.3 Å². The molecule has 156 valence electrons. The fourth-order valence-electron chi connectivity index (χ4n) is 4.09. The molecule has 1 aromatic heterocycles. The maximum atomic E-state index is 14.1. The van der Waals surface area contributed by atoms with Crippen LogP contribution in [0.2, 0.25) is 0 Å². The third-order valence-corrected chi connectivity index (χ3v) is 6.53. The molecule has 1 unspecified atom stereocenters. The predicted octanol–water partition coefficient (Wildman–Crippen LogP) is 6.41. The summed E-state index contributed by atoms with van der Waals surface area (Å²) in [5, 5.41) is 1.94. The van der Waals surface area contributed by atoms with Gasteiger partial charge < -0.3 is 4.74 Å². The SMILES string of the molecule is O=C(c1ccccc1)C1(C(=O)c2ccccc2)OC(c2ccccc2)C=C1c1cccs1. The average Bonchev–Trinajstić information content (AvgIpc) is 3.53. The summed E-state index contributed by atoms with van der Waals surface area (Å²) in [6.07, 6.45) is 1.40. The van der Waals surface area contributed by atoms with Gasteiger partial charge in [-0.1, -0.05) is 97.1 Å². The molecular formula is C28H20O3S. The molecule has 0 aliphatic carbocycles. The Morgan fingerprint density at radius 1 is 0.688 bits per heavy atom. The van der Waals surface area contributed by atoms with Crippen LogP contribution in [0.25, 0.3) is 5.57 Å². The van der Waals surface area contributed by atoms with Crippen LogP contribution in [0.15, 0.2) is 115 Å². The highest BCUT2D eigenvalue weighted by molar-refractivity contribution is 7.11. The van der Waals surface area contributed by atoms with E-state index in [4.69, 9.17) is 4.74 Å². The molecule has 0 fully saturated rings. The second kappa shape index (κ2) is 8.50. The van der Waals surface area contributed by atoms with Crippen LogP contribution in [0.4, 0.5) is 0 Å². The monoisotopic (exact) mass is 436 g/mol. The Labute approximate surface area is 190 Å². The van der Waals surface area contributed by atoms with Crippen molar-refractivity contribution < 1.29 is 14.3 Å². The number of hydrogen-bond donors (Lipinski definition) is 0. The Bertz CT molecular complexity index is 1210. The van der Waals surface area contributed by atoms with E-state index in [1.165, 1.54) is 11.3 Å². The fourth-order valence-corrected chi connectivity index (χ4v) is 4.89. The zero-order valence-corrected chi connectivity index (χ0v) is 18.0. The van der Waals surface area contributed by atoms with Gasteiger partial charge in [0.2, 0.25) is 17.2 Å². The van der Waals surface area contributed by atoms with Crippen LogP contribution in [0.1, 0.15) is 37.3 Å². The molecule has 3 nitrogen and oxygen atoms in total. The standard InChI is InChI=1S/C28H20O3S/c29-26(21-13-6-2-7-14-21)28(27(30)22-15-8-3-9-16-22)23(25-17-10-18-32-25)19-24(31-28)20-11-4-1-5-12-20/h1-19,24H. The largest absolute Gasteiger partial charge is 0.342 e.